The maximum Gasteiger partial charge on any atom is 0.283 e. The number of nitrogens with zero attached hydrogens (tertiary/aromatic N) is 2. The highest BCUT2D eigenvalue weighted by atomic mass is 35.5. The van der Waals surface area contributed by atoms with Gasteiger partial charge in [0, 0.05) is 5.02 Å². The van der Waals surface area contributed by atoms with Crippen LogP contribution in [0, 0.1) is 0 Å². The van der Waals surface area contributed by atoms with E-state index in [4.69, 9.17) is 21.1 Å². The summed E-state index contributed by atoms with van der Waals surface area (Å²) in [5.41, 5.74) is 2.54. The Balaban J connectivity index is 1.58. The zero-order valence-corrected chi connectivity index (χ0v) is 13.6. The van der Waals surface area contributed by atoms with Crippen molar-refractivity contribution >= 4 is 28.4 Å². The number of amides is 1. The molecule has 2 aromatic carbocycles. The van der Waals surface area contributed by atoms with Gasteiger partial charge in [-0.15, -0.1) is 0 Å². The molecule has 1 aromatic heterocycles. The Hall–Kier alpha value is -3.06. The van der Waals surface area contributed by atoms with Crippen LogP contribution >= 0.6 is 11.6 Å². The quantitative estimate of drug-likeness (QED) is 0.758. The van der Waals surface area contributed by atoms with Crippen LogP contribution in [0.1, 0.15) is 0 Å². The summed E-state index contributed by atoms with van der Waals surface area (Å²) >= 11 is 5.92. The third-order valence-corrected chi connectivity index (χ3v) is 3.99. The molecule has 1 atom stereocenters. The number of halogens is 1. The lowest BCUT2D eigenvalue weighted by atomic mass is 10.2. The van der Waals surface area contributed by atoms with Crippen LogP contribution in [-0.2, 0) is 4.79 Å². The van der Waals surface area contributed by atoms with E-state index in [9.17, 15) is 9.59 Å². The molecule has 1 aliphatic heterocycles. The second kappa shape index (κ2) is 6.10. The van der Waals surface area contributed by atoms with E-state index in [1.54, 1.807) is 30.3 Å². The van der Waals surface area contributed by atoms with E-state index in [1.807, 2.05) is 6.07 Å². The molecule has 4 rings (SSSR count). The average Bonchev–Trinajstić information content (AvgIpc) is 2.64. The summed E-state index contributed by atoms with van der Waals surface area (Å²) in [6.45, 7) is 0.0461. The van der Waals surface area contributed by atoms with Crippen molar-refractivity contribution in [1.82, 2.24) is 9.66 Å². The molecule has 1 N–H and O–H groups in total. The zero-order valence-electron chi connectivity index (χ0n) is 12.8. The number of para-hydroxylation sites is 2. The van der Waals surface area contributed by atoms with Crippen LogP contribution in [0.5, 0.6) is 11.5 Å². The predicted molar refractivity (Wildman–Crippen MR) is 91.7 cm³/mol. The molecule has 0 saturated heterocycles. The van der Waals surface area contributed by atoms with Crippen LogP contribution in [0.15, 0.2) is 53.6 Å². The second-order valence-electron chi connectivity index (χ2n) is 5.42. The molecule has 1 aliphatic rings. The smallest absolute Gasteiger partial charge is 0.283 e. The Labute approximate surface area is 146 Å². The van der Waals surface area contributed by atoms with Gasteiger partial charge >= 0.3 is 0 Å². The molecule has 0 spiro atoms. The van der Waals surface area contributed by atoms with Crippen molar-refractivity contribution in [2.24, 2.45) is 0 Å². The van der Waals surface area contributed by atoms with E-state index in [0.29, 0.717) is 27.4 Å². The fourth-order valence-electron chi connectivity index (χ4n) is 2.51. The number of carbonyl (C=O) groups excluding carboxylic acids is 1. The molecule has 0 fully saturated rings. The Morgan fingerprint density at radius 3 is 2.88 bits per heavy atom. The lowest BCUT2D eigenvalue weighted by Crippen LogP contribution is -2.45. The first-order valence-electron chi connectivity index (χ1n) is 7.48. The van der Waals surface area contributed by atoms with Gasteiger partial charge in [-0.25, -0.2) is 9.66 Å². The maximum absolute atomic E-state index is 12.5. The van der Waals surface area contributed by atoms with E-state index < -0.39 is 17.6 Å². The molecule has 1 amide bonds. The molecule has 8 heteroatoms. The zero-order chi connectivity index (χ0) is 17.4. The third-order valence-electron chi connectivity index (χ3n) is 3.75. The maximum atomic E-state index is 12.5. The number of aromatic nitrogens is 2. The van der Waals surface area contributed by atoms with Crippen molar-refractivity contribution in [3.8, 4) is 11.5 Å². The molecular weight excluding hydrogens is 346 g/mol. The van der Waals surface area contributed by atoms with E-state index in [2.05, 4.69) is 10.4 Å². The first kappa shape index (κ1) is 15.5. The highest BCUT2D eigenvalue weighted by molar-refractivity contribution is 6.31. The summed E-state index contributed by atoms with van der Waals surface area (Å²) in [5, 5.41) is 0.720. The first-order valence-corrected chi connectivity index (χ1v) is 7.86. The molecule has 0 bridgehead atoms. The summed E-state index contributed by atoms with van der Waals surface area (Å²) in [5.74, 6) is 0.537. The first-order chi connectivity index (χ1) is 12.1. The van der Waals surface area contributed by atoms with Crippen LogP contribution < -0.4 is 20.5 Å². The van der Waals surface area contributed by atoms with Gasteiger partial charge in [0.2, 0.25) is 6.10 Å². The molecule has 2 heterocycles. The van der Waals surface area contributed by atoms with Gasteiger partial charge in [-0.3, -0.25) is 15.0 Å². The number of rotatable bonds is 2. The van der Waals surface area contributed by atoms with Crippen molar-refractivity contribution in [1.29, 1.82) is 0 Å². The third kappa shape index (κ3) is 2.89. The number of fused-ring (bicyclic) bond motifs is 2. The molecule has 0 radical (unpaired) electrons. The lowest BCUT2D eigenvalue weighted by Gasteiger charge is -2.25. The highest BCUT2D eigenvalue weighted by Crippen LogP contribution is 2.30. The van der Waals surface area contributed by atoms with Gasteiger partial charge in [0.25, 0.3) is 11.5 Å². The van der Waals surface area contributed by atoms with Crippen molar-refractivity contribution in [3.05, 3.63) is 64.2 Å². The Kier molecular flexibility index (Phi) is 3.77. The molecule has 7 nitrogen and oxygen atoms in total. The average molecular weight is 358 g/mol. The summed E-state index contributed by atoms with van der Waals surface area (Å²) in [6, 6.07) is 11.8. The SMILES string of the molecule is O=C(Nn1cnc2ccc(Cl)cc2c1=O)C1COc2ccccc2O1. The van der Waals surface area contributed by atoms with Gasteiger partial charge in [0.15, 0.2) is 11.5 Å². The molecule has 126 valence electrons. The van der Waals surface area contributed by atoms with Crippen molar-refractivity contribution in [2.45, 2.75) is 6.10 Å². The minimum absolute atomic E-state index is 0.0461. The summed E-state index contributed by atoms with van der Waals surface area (Å²) in [7, 11) is 0. The van der Waals surface area contributed by atoms with Crippen molar-refractivity contribution < 1.29 is 14.3 Å². The molecule has 25 heavy (non-hydrogen) atoms. The number of hydrogen-bond donors (Lipinski definition) is 1. The van der Waals surface area contributed by atoms with E-state index in [-0.39, 0.29) is 6.61 Å². The number of carbonyl (C=O) groups is 1. The highest BCUT2D eigenvalue weighted by Gasteiger charge is 2.27. The molecule has 3 aromatic rings. The van der Waals surface area contributed by atoms with Gasteiger partial charge in [0.05, 0.1) is 10.9 Å². The minimum atomic E-state index is -0.878. The minimum Gasteiger partial charge on any atom is -0.485 e. The summed E-state index contributed by atoms with van der Waals surface area (Å²) in [6.07, 6.45) is 0.366. The summed E-state index contributed by atoms with van der Waals surface area (Å²) < 4.78 is 12.1. The lowest BCUT2D eigenvalue weighted by molar-refractivity contribution is -0.126. The molecular formula is C17H12ClN3O4. The van der Waals surface area contributed by atoms with Crippen LogP contribution in [0.2, 0.25) is 5.02 Å². The van der Waals surface area contributed by atoms with Crippen LogP contribution in [0.4, 0.5) is 0 Å². The van der Waals surface area contributed by atoms with E-state index in [0.717, 1.165) is 4.68 Å². The van der Waals surface area contributed by atoms with Crippen molar-refractivity contribution in [3.63, 3.8) is 0 Å². The Morgan fingerprint density at radius 1 is 1.24 bits per heavy atom. The molecule has 0 saturated carbocycles. The second-order valence-corrected chi connectivity index (χ2v) is 5.86. The number of hydrogen-bond acceptors (Lipinski definition) is 5. The van der Waals surface area contributed by atoms with Gasteiger partial charge in [-0.1, -0.05) is 23.7 Å². The van der Waals surface area contributed by atoms with Gasteiger partial charge in [0.1, 0.15) is 12.9 Å². The normalized spacial score (nSPS) is 15.8. The Bertz CT molecular complexity index is 1030. The standard InChI is InChI=1S/C17H12ClN3O4/c18-10-5-6-12-11(7-10)17(23)21(9-19-12)20-16(22)15-8-24-13-3-1-2-4-14(13)25-15/h1-7,9,15H,8H2,(H,20,22). The van der Waals surface area contributed by atoms with Gasteiger partial charge < -0.3 is 9.47 Å². The largest absolute Gasteiger partial charge is 0.485 e. The predicted octanol–water partition coefficient (Wildman–Crippen LogP) is 1.96. The fraction of sp³-hybridized carbons (Fsp3) is 0.118. The van der Waals surface area contributed by atoms with Gasteiger partial charge in [-0.2, -0.15) is 0 Å². The van der Waals surface area contributed by atoms with Crippen LogP contribution in [0.3, 0.4) is 0 Å². The molecule has 0 aliphatic carbocycles. The van der Waals surface area contributed by atoms with Gasteiger partial charge in [-0.05, 0) is 30.3 Å². The van der Waals surface area contributed by atoms with E-state index in [1.165, 1.54) is 12.4 Å². The number of benzene rings is 2. The van der Waals surface area contributed by atoms with E-state index >= 15 is 0 Å². The number of ether oxygens (including phenoxy) is 2. The fourth-order valence-corrected chi connectivity index (χ4v) is 2.69. The Morgan fingerprint density at radius 2 is 2.04 bits per heavy atom. The van der Waals surface area contributed by atoms with Crippen molar-refractivity contribution in [2.75, 3.05) is 12.0 Å². The molecule has 1 unspecified atom stereocenters. The van der Waals surface area contributed by atoms with Crippen LogP contribution in [0.25, 0.3) is 10.9 Å². The number of nitrogens with one attached hydrogen (secondary N) is 1. The van der Waals surface area contributed by atoms with Crippen LogP contribution in [-0.4, -0.2) is 28.3 Å². The topological polar surface area (TPSA) is 82.5 Å². The summed E-state index contributed by atoms with van der Waals surface area (Å²) in [4.78, 5) is 29.0. The monoisotopic (exact) mass is 357 g/mol.